The van der Waals surface area contributed by atoms with Gasteiger partial charge in [0.15, 0.2) is 5.82 Å². The fourth-order valence-corrected chi connectivity index (χ4v) is 1.37. The lowest BCUT2D eigenvalue weighted by atomic mass is 10.3. The van der Waals surface area contributed by atoms with E-state index in [1.54, 1.807) is 12.3 Å². The zero-order valence-corrected chi connectivity index (χ0v) is 9.14. The Morgan fingerprint density at radius 1 is 1.38 bits per heavy atom. The first-order chi connectivity index (χ1) is 7.79. The van der Waals surface area contributed by atoms with Crippen LogP contribution in [-0.2, 0) is 6.42 Å². The number of aromatic nitrogens is 5. The van der Waals surface area contributed by atoms with E-state index in [9.17, 15) is 0 Å². The van der Waals surface area contributed by atoms with Gasteiger partial charge in [-0.2, -0.15) is 5.10 Å². The third kappa shape index (κ3) is 2.40. The quantitative estimate of drug-likeness (QED) is 0.777. The van der Waals surface area contributed by atoms with Gasteiger partial charge in [0, 0.05) is 12.6 Å². The van der Waals surface area contributed by atoms with Crippen LogP contribution in [0.2, 0.25) is 0 Å². The van der Waals surface area contributed by atoms with Crippen LogP contribution in [0.4, 0.5) is 0 Å². The van der Waals surface area contributed by atoms with Crippen LogP contribution in [0.1, 0.15) is 18.1 Å². The van der Waals surface area contributed by atoms with Crippen LogP contribution in [0, 0.1) is 6.92 Å². The second kappa shape index (κ2) is 4.80. The molecule has 0 aliphatic carbocycles. The maximum Gasteiger partial charge on any atom is 0.199 e. The Morgan fingerprint density at radius 3 is 3.00 bits per heavy atom. The zero-order chi connectivity index (χ0) is 11.4. The average Bonchev–Trinajstić information content (AvgIpc) is 2.75. The summed E-state index contributed by atoms with van der Waals surface area (Å²) in [5.41, 5.74) is 6.17. The summed E-state index contributed by atoms with van der Waals surface area (Å²) in [4.78, 5) is 12.6. The van der Waals surface area contributed by atoms with Crippen LogP contribution in [0.5, 0.6) is 0 Å². The Morgan fingerprint density at radius 2 is 2.25 bits per heavy atom. The van der Waals surface area contributed by atoms with E-state index in [-0.39, 0.29) is 0 Å². The topological polar surface area (TPSA) is 93.4 Å². The van der Waals surface area contributed by atoms with Crippen molar-refractivity contribution in [2.24, 2.45) is 5.73 Å². The summed E-state index contributed by atoms with van der Waals surface area (Å²) in [5, 5.41) is 6.99. The minimum absolute atomic E-state index is 0.609. The SMILES string of the molecule is Cc1nccc(-c2n[nH]c(CCCN)n2)n1. The van der Waals surface area contributed by atoms with Gasteiger partial charge in [0.2, 0.25) is 0 Å². The molecular formula is C10H14N6. The molecule has 0 radical (unpaired) electrons. The number of aryl methyl sites for hydroxylation is 2. The first kappa shape index (κ1) is 10.7. The smallest absolute Gasteiger partial charge is 0.199 e. The highest BCUT2D eigenvalue weighted by molar-refractivity contribution is 5.47. The molecule has 3 N–H and O–H groups in total. The Bertz CT molecular complexity index is 464. The van der Waals surface area contributed by atoms with Crippen molar-refractivity contribution in [2.45, 2.75) is 19.8 Å². The maximum absolute atomic E-state index is 5.43. The van der Waals surface area contributed by atoms with Gasteiger partial charge in [0.1, 0.15) is 17.3 Å². The molecule has 0 unspecified atom stereocenters. The Hall–Kier alpha value is -1.82. The van der Waals surface area contributed by atoms with Gasteiger partial charge in [0.05, 0.1) is 0 Å². The molecule has 6 nitrogen and oxygen atoms in total. The van der Waals surface area contributed by atoms with Crippen LogP contribution >= 0.6 is 0 Å². The summed E-state index contributed by atoms with van der Waals surface area (Å²) in [6.07, 6.45) is 3.42. The fourth-order valence-electron chi connectivity index (χ4n) is 1.37. The summed E-state index contributed by atoms with van der Waals surface area (Å²) in [6, 6.07) is 1.79. The lowest BCUT2D eigenvalue weighted by Gasteiger charge is -1.94. The summed E-state index contributed by atoms with van der Waals surface area (Å²) < 4.78 is 0. The van der Waals surface area contributed by atoms with Crippen molar-refractivity contribution in [3.63, 3.8) is 0 Å². The first-order valence-electron chi connectivity index (χ1n) is 5.21. The fraction of sp³-hybridized carbons (Fsp3) is 0.400. The van der Waals surface area contributed by atoms with Gasteiger partial charge < -0.3 is 5.73 Å². The van der Waals surface area contributed by atoms with Crippen molar-refractivity contribution in [1.82, 2.24) is 25.1 Å². The molecule has 0 spiro atoms. The molecule has 2 aromatic rings. The number of nitrogens with one attached hydrogen (secondary N) is 1. The second-order valence-electron chi connectivity index (χ2n) is 3.49. The van der Waals surface area contributed by atoms with Crippen molar-refractivity contribution < 1.29 is 0 Å². The minimum Gasteiger partial charge on any atom is -0.330 e. The largest absolute Gasteiger partial charge is 0.330 e. The van der Waals surface area contributed by atoms with E-state index < -0.39 is 0 Å². The van der Waals surface area contributed by atoms with E-state index in [1.807, 2.05) is 6.92 Å². The number of nitrogens with two attached hydrogens (primary N) is 1. The number of rotatable bonds is 4. The Labute approximate surface area is 93.3 Å². The number of H-pyrrole nitrogens is 1. The Balaban J connectivity index is 2.18. The molecule has 16 heavy (non-hydrogen) atoms. The molecule has 0 aromatic carbocycles. The van der Waals surface area contributed by atoms with E-state index in [2.05, 4.69) is 25.1 Å². The molecule has 0 saturated carbocycles. The molecule has 0 aliphatic rings. The van der Waals surface area contributed by atoms with E-state index >= 15 is 0 Å². The molecule has 0 bridgehead atoms. The van der Waals surface area contributed by atoms with E-state index in [0.717, 1.165) is 24.4 Å². The predicted molar refractivity (Wildman–Crippen MR) is 59.5 cm³/mol. The van der Waals surface area contributed by atoms with Crippen LogP contribution < -0.4 is 5.73 Å². The molecule has 0 fully saturated rings. The molecule has 2 rings (SSSR count). The molecule has 0 aliphatic heterocycles. The monoisotopic (exact) mass is 218 g/mol. The lowest BCUT2D eigenvalue weighted by Crippen LogP contribution is -2.01. The van der Waals surface area contributed by atoms with Crippen molar-refractivity contribution >= 4 is 0 Å². The summed E-state index contributed by atoms with van der Waals surface area (Å²) >= 11 is 0. The van der Waals surface area contributed by atoms with Gasteiger partial charge in [-0.3, -0.25) is 5.10 Å². The van der Waals surface area contributed by atoms with Gasteiger partial charge in [-0.1, -0.05) is 0 Å². The van der Waals surface area contributed by atoms with Gasteiger partial charge >= 0.3 is 0 Å². The Kier molecular flexibility index (Phi) is 3.21. The van der Waals surface area contributed by atoms with Crippen LogP contribution in [0.25, 0.3) is 11.5 Å². The van der Waals surface area contributed by atoms with Crippen molar-refractivity contribution in [3.8, 4) is 11.5 Å². The molecule has 0 saturated heterocycles. The molecule has 6 heteroatoms. The minimum atomic E-state index is 0.609. The van der Waals surface area contributed by atoms with E-state index in [4.69, 9.17) is 5.73 Å². The van der Waals surface area contributed by atoms with E-state index in [1.165, 1.54) is 0 Å². The number of nitrogens with zero attached hydrogens (tertiary/aromatic N) is 4. The third-order valence-electron chi connectivity index (χ3n) is 2.15. The zero-order valence-electron chi connectivity index (χ0n) is 9.14. The number of aromatic amines is 1. The predicted octanol–water partition coefficient (Wildman–Crippen LogP) is 0.461. The molecule has 0 amide bonds. The van der Waals surface area contributed by atoms with Crippen molar-refractivity contribution in [2.75, 3.05) is 6.54 Å². The normalized spacial score (nSPS) is 10.6. The van der Waals surface area contributed by atoms with Crippen LogP contribution in [0.15, 0.2) is 12.3 Å². The van der Waals surface area contributed by atoms with Gasteiger partial charge in [0.25, 0.3) is 0 Å². The molecule has 2 aromatic heterocycles. The third-order valence-corrected chi connectivity index (χ3v) is 2.15. The summed E-state index contributed by atoms with van der Waals surface area (Å²) in [5.74, 6) is 2.17. The highest BCUT2D eigenvalue weighted by Crippen LogP contribution is 2.10. The maximum atomic E-state index is 5.43. The van der Waals surface area contributed by atoms with Gasteiger partial charge in [-0.25, -0.2) is 15.0 Å². The van der Waals surface area contributed by atoms with Gasteiger partial charge in [-0.15, -0.1) is 0 Å². The van der Waals surface area contributed by atoms with E-state index in [0.29, 0.717) is 18.2 Å². The second-order valence-corrected chi connectivity index (χ2v) is 3.49. The van der Waals surface area contributed by atoms with Gasteiger partial charge in [-0.05, 0) is 26.0 Å². The molecule has 84 valence electrons. The number of hydrogen-bond acceptors (Lipinski definition) is 5. The summed E-state index contributed by atoms with van der Waals surface area (Å²) in [6.45, 7) is 2.49. The lowest BCUT2D eigenvalue weighted by molar-refractivity contribution is 0.785. The molecule has 0 atom stereocenters. The number of hydrogen-bond donors (Lipinski definition) is 2. The molecular weight excluding hydrogens is 204 g/mol. The average molecular weight is 218 g/mol. The first-order valence-corrected chi connectivity index (χ1v) is 5.21. The highest BCUT2D eigenvalue weighted by atomic mass is 15.2. The standard InChI is InChI=1S/C10H14N6/c1-7-12-6-4-8(13-7)10-14-9(15-16-10)3-2-5-11/h4,6H,2-3,5,11H2,1H3,(H,14,15,16). The highest BCUT2D eigenvalue weighted by Gasteiger charge is 2.06. The van der Waals surface area contributed by atoms with Crippen LogP contribution in [0.3, 0.4) is 0 Å². The van der Waals surface area contributed by atoms with Crippen LogP contribution in [-0.4, -0.2) is 31.7 Å². The van der Waals surface area contributed by atoms with Crippen molar-refractivity contribution in [1.29, 1.82) is 0 Å². The van der Waals surface area contributed by atoms with Crippen molar-refractivity contribution in [3.05, 3.63) is 23.9 Å². The summed E-state index contributed by atoms with van der Waals surface area (Å²) in [7, 11) is 0. The molecule has 2 heterocycles.